The van der Waals surface area contributed by atoms with E-state index < -0.39 is 0 Å². The third kappa shape index (κ3) is 3.96. The van der Waals surface area contributed by atoms with Crippen LogP contribution < -0.4 is 5.32 Å². The number of nitrogens with one attached hydrogen (secondary N) is 1. The molecule has 2 heteroatoms. The summed E-state index contributed by atoms with van der Waals surface area (Å²) in [4.78, 5) is 2.57. The molecule has 0 spiro atoms. The normalized spacial score (nSPS) is 28.3. The molecule has 2 unspecified atom stereocenters. The second-order valence-corrected chi connectivity index (χ2v) is 5.04. The first-order valence-corrected chi connectivity index (χ1v) is 6.25. The zero-order valence-corrected chi connectivity index (χ0v) is 10.5. The molecule has 2 atom stereocenters. The van der Waals surface area contributed by atoms with Gasteiger partial charge < -0.3 is 5.32 Å². The van der Waals surface area contributed by atoms with E-state index in [0.29, 0.717) is 12.1 Å². The molecular weight excluding hydrogens is 184 g/mol. The first-order valence-electron chi connectivity index (χ1n) is 6.25. The first-order chi connectivity index (χ1) is 7.17. The van der Waals surface area contributed by atoms with Crippen molar-refractivity contribution in [3.8, 4) is 0 Å². The molecule has 0 bridgehead atoms. The van der Waals surface area contributed by atoms with Crippen LogP contribution >= 0.6 is 0 Å². The lowest BCUT2D eigenvalue weighted by atomic mass is 9.99. The van der Waals surface area contributed by atoms with Gasteiger partial charge in [0.2, 0.25) is 0 Å². The Hall–Kier alpha value is -0.340. The van der Waals surface area contributed by atoms with E-state index in [1.807, 2.05) is 6.08 Å². The van der Waals surface area contributed by atoms with E-state index in [0.717, 1.165) is 19.0 Å². The van der Waals surface area contributed by atoms with Gasteiger partial charge in [-0.1, -0.05) is 26.8 Å². The lowest BCUT2D eigenvalue weighted by molar-refractivity contribution is 0.132. The summed E-state index contributed by atoms with van der Waals surface area (Å²) in [5.74, 6) is 0.784. The minimum atomic E-state index is 0.674. The summed E-state index contributed by atoms with van der Waals surface area (Å²) in [6, 6.07) is 1.37. The van der Waals surface area contributed by atoms with Crippen molar-refractivity contribution >= 4 is 0 Å². The highest BCUT2D eigenvalue weighted by atomic mass is 15.2. The standard InChI is InChI=1S/C13H26N2/c1-5-7-15-10-12(8-11(3)4)14-9-13(15)6-2/h5,11-14H,1,6-10H2,2-4H3. The van der Waals surface area contributed by atoms with E-state index >= 15 is 0 Å². The summed E-state index contributed by atoms with van der Waals surface area (Å²) >= 11 is 0. The predicted molar refractivity (Wildman–Crippen MR) is 67.1 cm³/mol. The third-order valence-electron chi connectivity index (χ3n) is 3.20. The molecule has 1 heterocycles. The molecule has 1 N–H and O–H groups in total. The van der Waals surface area contributed by atoms with Gasteiger partial charge in [-0.25, -0.2) is 0 Å². The quantitative estimate of drug-likeness (QED) is 0.700. The van der Waals surface area contributed by atoms with E-state index in [1.165, 1.54) is 19.4 Å². The van der Waals surface area contributed by atoms with E-state index in [4.69, 9.17) is 0 Å². The Morgan fingerprint density at radius 2 is 2.27 bits per heavy atom. The van der Waals surface area contributed by atoms with Crippen LogP contribution in [0.1, 0.15) is 33.6 Å². The zero-order valence-electron chi connectivity index (χ0n) is 10.5. The van der Waals surface area contributed by atoms with Gasteiger partial charge in [-0.3, -0.25) is 4.90 Å². The Balaban J connectivity index is 2.45. The summed E-state index contributed by atoms with van der Waals surface area (Å²) in [7, 11) is 0. The fourth-order valence-corrected chi connectivity index (χ4v) is 2.45. The Kier molecular flexibility index (Phi) is 5.34. The number of hydrogen-bond donors (Lipinski definition) is 1. The second-order valence-electron chi connectivity index (χ2n) is 5.04. The topological polar surface area (TPSA) is 15.3 Å². The van der Waals surface area contributed by atoms with Crippen molar-refractivity contribution in [1.29, 1.82) is 0 Å². The van der Waals surface area contributed by atoms with Crippen LogP contribution in [0.15, 0.2) is 12.7 Å². The summed E-state index contributed by atoms with van der Waals surface area (Å²) in [5.41, 5.74) is 0. The number of nitrogens with zero attached hydrogens (tertiary/aromatic N) is 1. The molecule has 88 valence electrons. The van der Waals surface area contributed by atoms with E-state index in [1.54, 1.807) is 0 Å². The summed E-state index contributed by atoms with van der Waals surface area (Å²) in [6.45, 7) is 14.1. The molecule has 1 aliphatic rings. The molecule has 0 radical (unpaired) electrons. The van der Waals surface area contributed by atoms with E-state index in [-0.39, 0.29) is 0 Å². The number of rotatable bonds is 5. The lowest BCUT2D eigenvalue weighted by Gasteiger charge is -2.40. The zero-order chi connectivity index (χ0) is 11.3. The molecule has 0 saturated carbocycles. The highest BCUT2D eigenvalue weighted by Crippen LogP contribution is 2.14. The van der Waals surface area contributed by atoms with Crippen molar-refractivity contribution in [1.82, 2.24) is 10.2 Å². The maximum atomic E-state index is 3.85. The van der Waals surface area contributed by atoms with Gasteiger partial charge >= 0.3 is 0 Å². The van der Waals surface area contributed by atoms with Crippen LogP contribution in [0.5, 0.6) is 0 Å². The molecule has 1 aliphatic heterocycles. The van der Waals surface area contributed by atoms with Gasteiger partial charge in [0.1, 0.15) is 0 Å². The number of piperazine rings is 1. The Morgan fingerprint density at radius 1 is 1.53 bits per heavy atom. The van der Waals surface area contributed by atoms with Crippen LogP contribution in [-0.4, -0.2) is 36.6 Å². The van der Waals surface area contributed by atoms with Crippen LogP contribution in [0.4, 0.5) is 0 Å². The van der Waals surface area contributed by atoms with Crippen LogP contribution in [0.3, 0.4) is 0 Å². The molecule has 0 aliphatic carbocycles. The van der Waals surface area contributed by atoms with Gasteiger partial charge in [0, 0.05) is 31.7 Å². The van der Waals surface area contributed by atoms with Crippen molar-refractivity contribution in [3.05, 3.63) is 12.7 Å². The molecular formula is C13H26N2. The van der Waals surface area contributed by atoms with Gasteiger partial charge in [-0.2, -0.15) is 0 Å². The van der Waals surface area contributed by atoms with Gasteiger partial charge in [-0.15, -0.1) is 6.58 Å². The smallest absolute Gasteiger partial charge is 0.0222 e. The molecule has 15 heavy (non-hydrogen) atoms. The Morgan fingerprint density at radius 3 is 2.80 bits per heavy atom. The van der Waals surface area contributed by atoms with Crippen LogP contribution in [-0.2, 0) is 0 Å². The Labute approximate surface area is 94.7 Å². The molecule has 1 saturated heterocycles. The fourth-order valence-electron chi connectivity index (χ4n) is 2.45. The van der Waals surface area contributed by atoms with Crippen molar-refractivity contribution in [3.63, 3.8) is 0 Å². The van der Waals surface area contributed by atoms with Crippen molar-refractivity contribution < 1.29 is 0 Å². The van der Waals surface area contributed by atoms with Gasteiger partial charge in [0.15, 0.2) is 0 Å². The molecule has 1 rings (SSSR count). The molecule has 0 aromatic rings. The fraction of sp³-hybridized carbons (Fsp3) is 0.846. The highest BCUT2D eigenvalue weighted by Gasteiger charge is 2.25. The minimum absolute atomic E-state index is 0.674. The molecule has 1 fully saturated rings. The molecule has 2 nitrogen and oxygen atoms in total. The maximum Gasteiger partial charge on any atom is 0.0222 e. The highest BCUT2D eigenvalue weighted by molar-refractivity contribution is 4.89. The van der Waals surface area contributed by atoms with Crippen LogP contribution in [0.2, 0.25) is 0 Å². The second kappa shape index (κ2) is 6.29. The third-order valence-corrected chi connectivity index (χ3v) is 3.20. The monoisotopic (exact) mass is 210 g/mol. The summed E-state index contributed by atoms with van der Waals surface area (Å²) in [6.07, 6.45) is 4.54. The molecule has 0 amide bonds. The maximum absolute atomic E-state index is 3.85. The van der Waals surface area contributed by atoms with Gasteiger partial charge in [0.05, 0.1) is 0 Å². The van der Waals surface area contributed by atoms with E-state index in [9.17, 15) is 0 Å². The average molecular weight is 210 g/mol. The Bertz CT molecular complexity index is 189. The lowest BCUT2D eigenvalue weighted by Crippen LogP contribution is -2.56. The largest absolute Gasteiger partial charge is 0.311 e. The van der Waals surface area contributed by atoms with Crippen LogP contribution in [0, 0.1) is 5.92 Å². The summed E-state index contributed by atoms with van der Waals surface area (Å²) in [5, 5.41) is 3.66. The summed E-state index contributed by atoms with van der Waals surface area (Å²) < 4.78 is 0. The molecule has 0 aromatic heterocycles. The minimum Gasteiger partial charge on any atom is -0.311 e. The van der Waals surface area contributed by atoms with Gasteiger partial charge in [-0.05, 0) is 18.8 Å². The van der Waals surface area contributed by atoms with Crippen molar-refractivity contribution in [2.24, 2.45) is 5.92 Å². The number of hydrogen-bond acceptors (Lipinski definition) is 2. The van der Waals surface area contributed by atoms with Crippen LogP contribution in [0.25, 0.3) is 0 Å². The van der Waals surface area contributed by atoms with E-state index in [2.05, 4.69) is 37.6 Å². The van der Waals surface area contributed by atoms with Crippen molar-refractivity contribution in [2.45, 2.75) is 45.7 Å². The van der Waals surface area contributed by atoms with Crippen molar-refractivity contribution in [2.75, 3.05) is 19.6 Å². The predicted octanol–water partition coefficient (Wildman–Crippen LogP) is 2.27. The molecule has 0 aromatic carbocycles. The SMILES string of the molecule is C=CCN1CC(CC(C)C)NCC1CC. The van der Waals surface area contributed by atoms with Gasteiger partial charge in [0.25, 0.3) is 0 Å². The average Bonchev–Trinajstić information content (AvgIpc) is 2.18. The first kappa shape index (κ1) is 12.7.